The Bertz CT molecular complexity index is 1640. The van der Waals surface area contributed by atoms with Crippen molar-refractivity contribution >= 4 is 28.9 Å². The van der Waals surface area contributed by atoms with Crippen molar-refractivity contribution in [1.82, 2.24) is 14.3 Å². The summed E-state index contributed by atoms with van der Waals surface area (Å²) >= 11 is 6.31. The van der Waals surface area contributed by atoms with Gasteiger partial charge in [0.1, 0.15) is 29.6 Å². The average Bonchev–Trinajstić information content (AvgIpc) is 3.29. The number of nitrogens with zero attached hydrogens (tertiary/aromatic N) is 5. The molecule has 1 amide bonds. The second-order valence-electron chi connectivity index (χ2n) is 10.2. The molecular weight excluding hydrogens is 564 g/mol. The summed E-state index contributed by atoms with van der Waals surface area (Å²) < 4.78 is 38.9. The van der Waals surface area contributed by atoms with Gasteiger partial charge in [0.25, 0.3) is 5.91 Å². The fourth-order valence-electron chi connectivity index (χ4n) is 5.28. The van der Waals surface area contributed by atoms with Crippen LogP contribution in [0, 0.1) is 11.6 Å². The predicted octanol–water partition coefficient (Wildman–Crippen LogP) is 6.32. The molecule has 0 radical (unpaired) electrons. The highest BCUT2D eigenvalue weighted by atomic mass is 35.5. The summed E-state index contributed by atoms with van der Waals surface area (Å²) in [6.07, 6.45) is 1.61. The highest BCUT2D eigenvalue weighted by molar-refractivity contribution is 6.34. The molecule has 42 heavy (non-hydrogen) atoms. The van der Waals surface area contributed by atoms with E-state index in [4.69, 9.17) is 16.3 Å². The Labute approximate surface area is 247 Å². The molecule has 1 aliphatic rings. The number of fused-ring (bicyclic) bond motifs is 1. The van der Waals surface area contributed by atoms with Crippen molar-refractivity contribution in [2.75, 3.05) is 16.5 Å². The van der Waals surface area contributed by atoms with Crippen LogP contribution in [-0.2, 0) is 24.5 Å². The van der Waals surface area contributed by atoms with Crippen molar-refractivity contribution in [3.05, 3.63) is 105 Å². The SMILES string of the molecule is CCCC(C)N1CN(c2c(F)cccc2Cl)C(=O)c2cc(F)c(-n3nc(COCc4ccccc4)n(CC)c3=O)cc21. The van der Waals surface area contributed by atoms with Gasteiger partial charge in [-0.2, -0.15) is 4.68 Å². The number of para-hydroxylation sites is 1. The van der Waals surface area contributed by atoms with Gasteiger partial charge < -0.3 is 9.64 Å². The average molecular weight is 596 g/mol. The fourth-order valence-corrected chi connectivity index (χ4v) is 5.55. The third-order valence-electron chi connectivity index (χ3n) is 7.42. The summed E-state index contributed by atoms with van der Waals surface area (Å²) in [6.45, 7) is 6.50. The molecule has 11 heteroatoms. The number of benzene rings is 3. The van der Waals surface area contributed by atoms with Gasteiger partial charge in [-0.25, -0.2) is 13.6 Å². The van der Waals surface area contributed by atoms with E-state index < -0.39 is 23.2 Å². The third-order valence-corrected chi connectivity index (χ3v) is 7.72. The Balaban J connectivity index is 1.55. The van der Waals surface area contributed by atoms with Crippen LogP contribution in [0.5, 0.6) is 0 Å². The van der Waals surface area contributed by atoms with Crippen molar-refractivity contribution in [3.63, 3.8) is 0 Å². The highest BCUT2D eigenvalue weighted by Gasteiger charge is 2.36. The van der Waals surface area contributed by atoms with Crippen molar-refractivity contribution in [1.29, 1.82) is 0 Å². The minimum Gasteiger partial charge on any atom is -0.369 e. The molecule has 2 heterocycles. The lowest BCUT2D eigenvalue weighted by Gasteiger charge is -2.41. The van der Waals surface area contributed by atoms with E-state index in [0.717, 1.165) is 29.2 Å². The van der Waals surface area contributed by atoms with Crippen LogP contribution in [0.1, 0.15) is 55.4 Å². The molecule has 0 aliphatic carbocycles. The van der Waals surface area contributed by atoms with E-state index in [1.54, 1.807) is 6.92 Å². The van der Waals surface area contributed by atoms with E-state index >= 15 is 4.39 Å². The van der Waals surface area contributed by atoms with Crippen LogP contribution >= 0.6 is 11.6 Å². The number of carbonyl (C=O) groups excluding carboxylic acids is 1. The van der Waals surface area contributed by atoms with Crippen molar-refractivity contribution in [2.45, 2.75) is 59.4 Å². The fraction of sp³-hybridized carbons (Fsp3) is 0.323. The summed E-state index contributed by atoms with van der Waals surface area (Å²) in [4.78, 5) is 30.1. The van der Waals surface area contributed by atoms with E-state index in [1.807, 2.05) is 49.1 Å². The molecule has 0 saturated carbocycles. The number of amides is 1. The smallest absolute Gasteiger partial charge is 0.350 e. The molecule has 0 N–H and O–H groups in total. The standard InChI is InChI=1S/C31H32ClF2N5O3/c1-4-10-20(3)37-19-38(29-23(32)13-9-14-24(29)33)30(40)22-15-25(34)27(16-26(22)37)39-31(41)36(5-2)28(35-39)18-42-17-21-11-7-6-8-12-21/h6-9,11-16,20H,4-5,10,17-19H2,1-3H3. The van der Waals surface area contributed by atoms with Gasteiger partial charge in [-0.3, -0.25) is 14.3 Å². The normalized spacial score (nSPS) is 13.9. The number of ether oxygens (including phenoxy) is 1. The van der Waals surface area contributed by atoms with Crippen LogP contribution in [0.25, 0.3) is 5.69 Å². The van der Waals surface area contributed by atoms with E-state index in [0.29, 0.717) is 24.7 Å². The first-order valence-electron chi connectivity index (χ1n) is 13.9. The van der Waals surface area contributed by atoms with Crippen molar-refractivity contribution < 1.29 is 18.3 Å². The van der Waals surface area contributed by atoms with Gasteiger partial charge in [-0.15, -0.1) is 5.10 Å². The Kier molecular flexibility index (Phi) is 8.74. The van der Waals surface area contributed by atoms with E-state index in [9.17, 15) is 14.0 Å². The molecule has 0 saturated heterocycles. The maximum Gasteiger partial charge on any atom is 0.350 e. The van der Waals surface area contributed by atoms with Crippen LogP contribution in [0.4, 0.5) is 20.2 Å². The van der Waals surface area contributed by atoms with Gasteiger partial charge in [-0.1, -0.05) is 61.3 Å². The van der Waals surface area contributed by atoms with Gasteiger partial charge in [0.05, 0.1) is 29.5 Å². The molecule has 1 unspecified atom stereocenters. The lowest BCUT2D eigenvalue weighted by Crippen LogP contribution is -2.51. The van der Waals surface area contributed by atoms with Gasteiger partial charge >= 0.3 is 5.69 Å². The zero-order valence-corrected chi connectivity index (χ0v) is 24.4. The number of aromatic nitrogens is 3. The Morgan fingerprint density at radius 2 is 1.74 bits per heavy atom. The molecule has 220 valence electrons. The second-order valence-corrected chi connectivity index (χ2v) is 10.6. The molecule has 4 aromatic rings. The molecule has 8 nitrogen and oxygen atoms in total. The molecule has 0 fully saturated rings. The summed E-state index contributed by atoms with van der Waals surface area (Å²) in [5.74, 6) is -1.71. The largest absolute Gasteiger partial charge is 0.369 e. The first-order chi connectivity index (χ1) is 20.2. The maximum atomic E-state index is 15.8. The Morgan fingerprint density at radius 3 is 2.43 bits per heavy atom. The van der Waals surface area contributed by atoms with Crippen LogP contribution in [0.3, 0.4) is 0 Å². The summed E-state index contributed by atoms with van der Waals surface area (Å²) in [7, 11) is 0. The quantitative estimate of drug-likeness (QED) is 0.215. The van der Waals surface area contributed by atoms with Gasteiger partial charge in [-0.05, 0) is 50.1 Å². The van der Waals surface area contributed by atoms with E-state index in [-0.39, 0.29) is 41.3 Å². The van der Waals surface area contributed by atoms with Crippen LogP contribution < -0.4 is 15.5 Å². The number of carbonyl (C=O) groups is 1. The topological polar surface area (TPSA) is 72.6 Å². The van der Waals surface area contributed by atoms with Crippen molar-refractivity contribution in [3.8, 4) is 5.69 Å². The molecule has 3 aromatic carbocycles. The monoisotopic (exact) mass is 595 g/mol. The minimum absolute atomic E-state index is 0.00436. The maximum absolute atomic E-state index is 15.8. The number of rotatable bonds is 10. The lowest BCUT2D eigenvalue weighted by molar-refractivity contribution is 0.0980. The first-order valence-corrected chi connectivity index (χ1v) is 14.3. The summed E-state index contributed by atoms with van der Waals surface area (Å²) in [6, 6.07) is 16.2. The van der Waals surface area contributed by atoms with Gasteiger partial charge in [0.15, 0.2) is 5.82 Å². The molecule has 0 bridgehead atoms. The molecular formula is C31H32ClF2N5O3. The van der Waals surface area contributed by atoms with Crippen molar-refractivity contribution in [2.24, 2.45) is 0 Å². The van der Waals surface area contributed by atoms with Crippen LogP contribution in [0.2, 0.25) is 5.02 Å². The molecule has 5 rings (SSSR count). The summed E-state index contributed by atoms with van der Waals surface area (Å²) in [5.41, 5.74) is 0.768. The number of anilines is 2. The lowest BCUT2D eigenvalue weighted by atomic mass is 10.0. The molecule has 1 atom stereocenters. The predicted molar refractivity (Wildman–Crippen MR) is 158 cm³/mol. The zero-order chi connectivity index (χ0) is 30.0. The second kappa shape index (κ2) is 12.5. The minimum atomic E-state index is -0.814. The molecule has 1 aliphatic heterocycles. The van der Waals surface area contributed by atoms with E-state index in [2.05, 4.69) is 5.10 Å². The zero-order valence-electron chi connectivity index (χ0n) is 23.7. The Hall–Kier alpha value is -4.02. The van der Waals surface area contributed by atoms with E-state index in [1.165, 1.54) is 33.7 Å². The Morgan fingerprint density at radius 1 is 0.976 bits per heavy atom. The summed E-state index contributed by atoms with van der Waals surface area (Å²) in [5, 5.41) is 4.50. The molecule has 1 aromatic heterocycles. The van der Waals surface area contributed by atoms with Gasteiger partial charge in [0.2, 0.25) is 0 Å². The third kappa shape index (κ3) is 5.56. The first kappa shape index (κ1) is 29.5. The molecule has 0 spiro atoms. The van der Waals surface area contributed by atoms with Crippen LogP contribution in [-0.4, -0.2) is 33.0 Å². The number of hydrogen-bond donors (Lipinski definition) is 0. The number of halogens is 3. The highest BCUT2D eigenvalue weighted by Crippen LogP contribution is 2.38. The van der Waals surface area contributed by atoms with Gasteiger partial charge in [0, 0.05) is 12.6 Å². The number of hydrogen-bond acceptors (Lipinski definition) is 5. The van der Waals surface area contributed by atoms with Crippen LogP contribution in [0.15, 0.2) is 65.5 Å².